The first-order chi connectivity index (χ1) is 13.8. The Balaban J connectivity index is 1.92. The molecule has 1 amide bonds. The molecule has 0 radical (unpaired) electrons. The third-order valence-electron chi connectivity index (χ3n) is 5.66. The van der Waals surface area contributed by atoms with E-state index in [2.05, 4.69) is 5.32 Å². The zero-order chi connectivity index (χ0) is 21.0. The van der Waals surface area contributed by atoms with Crippen molar-refractivity contribution in [1.82, 2.24) is 5.32 Å². The molecule has 1 saturated carbocycles. The number of benzene rings is 1. The molecule has 7 heteroatoms. The summed E-state index contributed by atoms with van der Waals surface area (Å²) >= 11 is 0. The van der Waals surface area contributed by atoms with Crippen LogP contribution in [0.5, 0.6) is 0 Å². The summed E-state index contributed by atoms with van der Waals surface area (Å²) in [6.07, 6.45) is 1.77. The van der Waals surface area contributed by atoms with Gasteiger partial charge in [0.2, 0.25) is 5.91 Å². The van der Waals surface area contributed by atoms with Crippen LogP contribution >= 0.6 is 0 Å². The van der Waals surface area contributed by atoms with Gasteiger partial charge in [-0.3, -0.25) is 4.79 Å². The Morgan fingerprint density at radius 1 is 1.07 bits per heavy atom. The van der Waals surface area contributed by atoms with Gasteiger partial charge in [-0.15, -0.1) is 0 Å². The van der Waals surface area contributed by atoms with Crippen LogP contribution < -0.4 is 5.32 Å². The van der Waals surface area contributed by atoms with Gasteiger partial charge in [-0.05, 0) is 44.2 Å². The SMILES string of the molecule is CC1=C(C(=O)OC2CCCCCCC2)C(c2ccccc2C(F)(F)F)CC(=O)N1. The predicted octanol–water partition coefficient (Wildman–Crippen LogP) is 5.24. The van der Waals surface area contributed by atoms with E-state index in [1.54, 1.807) is 0 Å². The van der Waals surface area contributed by atoms with Crippen molar-refractivity contribution in [2.75, 3.05) is 0 Å². The van der Waals surface area contributed by atoms with E-state index in [1.807, 2.05) is 0 Å². The first-order valence-electron chi connectivity index (χ1n) is 10.1. The number of rotatable bonds is 3. The highest BCUT2D eigenvalue weighted by Crippen LogP contribution is 2.41. The first kappa shape index (κ1) is 21.4. The molecule has 0 saturated heterocycles. The van der Waals surface area contributed by atoms with Gasteiger partial charge in [0, 0.05) is 18.0 Å². The normalized spacial score (nSPS) is 21.9. The quantitative estimate of drug-likeness (QED) is 0.695. The van der Waals surface area contributed by atoms with Crippen LogP contribution in [-0.2, 0) is 20.5 Å². The standard InChI is InChI=1S/C22H26F3NO3/c1-14-20(21(28)29-15-9-5-3-2-4-6-10-15)17(13-19(27)26-14)16-11-7-8-12-18(16)22(23,24)25/h7-8,11-12,15,17H,2-6,9-10,13H2,1H3,(H,26,27). The lowest BCUT2D eigenvalue weighted by atomic mass is 9.82. The molecular formula is C22H26F3NO3. The van der Waals surface area contributed by atoms with Crippen LogP contribution in [-0.4, -0.2) is 18.0 Å². The van der Waals surface area contributed by atoms with Crippen molar-refractivity contribution in [3.63, 3.8) is 0 Å². The van der Waals surface area contributed by atoms with Gasteiger partial charge in [0.25, 0.3) is 0 Å². The van der Waals surface area contributed by atoms with Crippen molar-refractivity contribution in [1.29, 1.82) is 0 Å². The number of hydrogen-bond acceptors (Lipinski definition) is 3. The molecule has 29 heavy (non-hydrogen) atoms. The molecule has 0 spiro atoms. The number of hydrogen-bond donors (Lipinski definition) is 1. The number of esters is 1. The summed E-state index contributed by atoms with van der Waals surface area (Å²) in [4.78, 5) is 25.1. The molecule has 1 N–H and O–H groups in total. The number of carbonyl (C=O) groups is 2. The number of carbonyl (C=O) groups excluding carboxylic acids is 2. The summed E-state index contributed by atoms with van der Waals surface area (Å²) in [6.45, 7) is 1.54. The van der Waals surface area contributed by atoms with Gasteiger partial charge in [-0.25, -0.2) is 4.79 Å². The van der Waals surface area contributed by atoms with E-state index in [-0.39, 0.29) is 29.4 Å². The lowest BCUT2D eigenvalue weighted by molar-refractivity contribution is -0.146. The largest absolute Gasteiger partial charge is 0.459 e. The molecule has 0 aromatic heterocycles. The van der Waals surface area contributed by atoms with E-state index >= 15 is 0 Å². The van der Waals surface area contributed by atoms with Crippen molar-refractivity contribution in [3.8, 4) is 0 Å². The number of nitrogens with one attached hydrogen (secondary N) is 1. The van der Waals surface area contributed by atoms with Crippen LogP contribution in [0, 0.1) is 0 Å². The van der Waals surface area contributed by atoms with Gasteiger partial charge in [0.1, 0.15) is 6.10 Å². The van der Waals surface area contributed by atoms with E-state index in [0.29, 0.717) is 0 Å². The maximum atomic E-state index is 13.5. The fourth-order valence-corrected chi connectivity index (χ4v) is 4.25. The lowest BCUT2D eigenvalue weighted by Gasteiger charge is -2.30. The second-order valence-electron chi connectivity index (χ2n) is 7.80. The van der Waals surface area contributed by atoms with Crippen LogP contribution in [0.4, 0.5) is 13.2 Å². The molecular weight excluding hydrogens is 383 g/mol. The van der Waals surface area contributed by atoms with E-state index in [0.717, 1.165) is 44.6 Å². The van der Waals surface area contributed by atoms with Gasteiger partial charge >= 0.3 is 12.1 Å². The van der Waals surface area contributed by atoms with E-state index in [9.17, 15) is 22.8 Å². The molecule has 1 heterocycles. The summed E-state index contributed by atoms with van der Waals surface area (Å²) < 4.78 is 46.4. The summed E-state index contributed by atoms with van der Waals surface area (Å²) in [5.74, 6) is -2.02. The number of allylic oxidation sites excluding steroid dienone is 1. The molecule has 158 valence electrons. The maximum absolute atomic E-state index is 13.5. The minimum Gasteiger partial charge on any atom is -0.459 e. The number of ether oxygens (including phenoxy) is 1. The van der Waals surface area contributed by atoms with Crippen molar-refractivity contribution in [2.24, 2.45) is 0 Å². The number of amides is 1. The van der Waals surface area contributed by atoms with Crippen molar-refractivity contribution in [3.05, 3.63) is 46.7 Å². The molecule has 4 nitrogen and oxygen atoms in total. The third kappa shape index (κ3) is 5.19. The zero-order valence-electron chi connectivity index (χ0n) is 16.5. The maximum Gasteiger partial charge on any atom is 0.416 e. The van der Waals surface area contributed by atoms with Crippen LogP contribution in [0.25, 0.3) is 0 Å². The Kier molecular flexibility index (Phi) is 6.65. The van der Waals surface area contributed by atoms with Gasteiger partial charge in [-0.1, -0.05) is 37.5 Å². The van der Waals surface area contributed by atoms with E-state index in [4.69, 9.17) is 4.74 Å². The highest BCUT2D eigenvalue weighted by molar-refractivity contribution is 5.96. The average Bonchev–Trinajstić information content (AvgIpc) is 2.62. The van der Waals surface area contributed by atoms with Gasteiger partial charge in [0.05, 0.1) is 11.1 Å². The monoisotopic (exact) mass is 409 g/mol. The second-order valence-corrected chi connectivity index (χ2v) is 7.80. The van der Waals surface area contributed by atoms with Crippen LogP contribution in [0.3, 0.4) is 0 Å². The van der Waals surface area contributed by atoms with Crippen LogP contribution in [0.15, 0.2) is 35.5 Å². The summed E-state index contributed by atoms with van der Waals surface area (Å²) in [5, 5.41) is 2.59. The van der Waals surface area contributed by atoms with Crippen molar-refractivity contribution >= 4 is 11.9 Å². The second kappa shape index (κ2) is 9.01. The fraction of sp³-hybridized carbons (Fsp3) is 0.545. The minimum absolute atomic E-state index is 0.0705. The summed E-state index contributed by atoms with van der Waals surface area (Å²) in [7, 11) is 0. The topological polar surface area (TPSA) is 55.4 Å². The van der Waals surface area contributed by atoms with Gasteiger partial charge < -0.3 is 10.1 Å². The van der Waals surface area contributed by atoms with Gasteiger partial charge in [-0.2, -0.15) is 13.2 Å². The highest BCUT2D eigenvalue weighted by Gasteiger charge is 2.40. The molecule has 3 rings (SSSR count). The third-order valence-corrected chi connectivity index (χ3v) is 5.66. The van der Waals surface area contributed by atoms with E-state index < -0.39 is 29.5 Å². The Morgan fingerprint density at radius 2 is 1.69 bits per heavy atom. The fourth-order valence-electron chi connectivity index (χ4n) is 4.25. The average molecular weight is 409 g/mol. The Bertz CT molecular complexity index is 793. The van der Waals surface area contributed by atoms with Crippen LogP contribution in [0.2, 0.25) is 0 Å². The lowest BCUT2D eigenvalue weighted by Crippen LogP contribution is -2.36. The molecule has 1 aromatic rings. The zero-order valence-corrected chi connectivity index (χ0v) is 16.5. The molecule has 1 aliphatic carbocycles. The predicted molar refractivity (Wildman–Crippen MR) is 102 cm³/mol. The van der Waals surface area contributed by atoms with E-state index in [1.165, 1.54) is 31.5 Å². The Hall–Kier alpha value is -2.31. The van der Waals surface area contributed by atoms with Crippen LogP contribution in [0.1, 0.15) is 75.3 Å². The highest BCUT2D eigenvalue weighted by atomic mass is 19.4. The van der Waals surface area contributed by atoms with Crippen molar-refractivity contribution < 1.29 is 27.5 Å². The molecule has 0 bridgehead atoms. The molecule has 2 aliphatic rings. The Labute approximate surface area is 168 Å². The van der Waals surface area contributed by atoms with Crippen molar-refractivity contribution in [2.45, 2.75) is 76.5 Å². The number of halogens is 3. The molecule has 1 atom stereocenters. The number of alkyl halides is 3. The minimum atomic E-state index is -4.58. The molecule has 1 aliphatic heterocycles. The van der Waals surface area contributed by atoms with Gasteiger partial charge in [0.15, 0.2) is 0 Å². The summed E-state index contributed by atoms with van der Waals surface area (Å²) in [6, 6.07) is 5.11. The molecule has 1 unspecified atom stereocenters. The molecule has 1 aromatic carbocycles. The first-order valence-corrected chi connectivity index (χ1v) is 10.1. The molecule has 1 fully saturated rings. The Morgan fingerprint density at radius 3 is 2.34 bits per heavy atom. The smallest absolute Gasteiger partial charge is 0.416 e. The summed E-state index contributed by atoms with van der Waals surface area (Å²) in [5.41, 5.74) is -0.523.